The van der Waals surface area contributed by atoms with Crippen LogP contribution in [0.1, 0.15) is 0 Å². The Bertz CT molecular complexity index is 508. The molecule has 0 N–H and O–H groups in total. The summed E-state index contributed by atoms with van der Waals surface area (Å²) in [5, 5.41) is 0.433. The standard InChI is InChI=1S/C9H11Cl2N5/c1-15(2)3-4-16-5-12-6-7(10)13-9(11)14-8(6)16/h5H,3-4H2,1-2H3. The van der Waals surface area contributed by atoms with Gasteiger partial charge in [-0.15, -0.1) is 0 Å². The Balaban J connectivity index is 2.40. The number of fused-ring (bicyclic) bond motifs is 1. The van der Waals surface area contributed by atoms with Crippen LogP contribution in [0, 0.1) is 0 Å². The molecule has 0 saturated heterocycles. The molecule has 0 aliphatic rings. The lowest BCUT2D eigenvalue weighted by Crippen LogP contribution is -2.18. The molecule has 0 fully saturated rings. The SMILES string of the molecule is CN(C)CCn1cnc2c(Cl)nc(Cl)nc21. The van der Waals surface area contributed by atoms with E-state index >= 15 is 0 Å². The van der Waals surface area contributed by atoms with Gasteiger partial charge in [0.25, 0.3) is 0 Å². The van der Waals surface area contributed by atoms with Crippen LogP contribution in [0.3, 0.4) is 0 Å². The minimum Gasteiger partial charge on any atom is -0.314 e. The molecule has 86 valence electrons. The number of rotatable bonds is 3. The Morgan fingerprint density at radius 1 is 1.31 bits per heavy atom. The Hall–Kier alpha value is -0.910. The van der Waals surface area contributed by atoms with Gasteiger partial charge in [0, 0.05) is 13.1 Å². The van der Waals surface area contributed by atoms with Gasteiger partial charge in [-0.1, -0.05) is 11.6 Å². The lowest BCUT2D eigenvalue weighted by molar-refractivity contribution is 0.386. The molecule has 0 aliphatic heterocycles. The molecule has 7 heteroatoms. The van der Waals surface area contributed by atoms with Crippen molar-refractivity contribution in [3.05, 3.63) is 16.8 Å². The van der Waals surface area contributed by atoms with Crippen LogP contribution in [0.15, 0.2) is 6.33 Å². The zero-order valence-corrected chi connectivity index (χ0v) is 10.5. The van der Waals surface area contributed by atoms with Crippen molar-refractivity contribution in [2.45, 2.75) is 6.54 Å². The van der Waals surface area contributed by atoms with E-state index in [0.717, 1.165) is 13.1 Å². The first-order chi connectivity index (χ1) is 7.58. The predicted molar refractivity (Wildman–Crippen MR) is 63.9 cm³/mol. The summed E-state index contributed by atoms with van der Waals surface area (Å²) in [6, 6.07) is 0. The van der Waals surface area contributed by atoms with E-state index in [-0.39, 0.29) is 5.28 Å². The topological polar surface area (TPSA) is 46.8 Å². The molecule has 2 heterocycles. The van der Waals surface area contributed by atoms with Crippen molar-refractivity contribution < 1.29 is 0 Å². The van der Waals surface area contributed by atoms with E-state index in [9.17, 15) is 0 Å². The third kappa shape index (κ3) is 2.26. The molecule has 5 nitrogen and oxygen atoms in total. The Labute approximate surface area is 103 Å². The maximum Gasteiger partial charge on any atom is 0.225 e. The molecule has 0 aromatic carbocycles. The van der Waals surface area contributed by atoms with Gasteiger partial charge in [-0.2, -0.15) is 4.98 Å². The van der Waals surface area contributed by atoms with E-state index in [2.05, 4.69) is 19.9 Å². The first-order valence-electron chi connectivity index (χ1n) is 4.76. The van der Waals surface area contributed by atoms with Crippen LogP contribution in [-0.4, -0.2) is 45.1 Å². The molecule has 2 rings (SSSR count). The second-order valence-electron chi connectivity index (χ2n) is 3.70. The smallest absolute Gasteiger partial charge is 0.225 e. The third-order valence-electron chi connectivity index (χ3n) is 2.18. The molecule has 2 aromatic rings. The number of halogens is 2. The molecule has 0 amide bonds. The molecule has 0 unspecified atom stereocenters. The fraction of sp³-hybridized carbons (Fsp3) is 0.444. The minimum atomic E-state index is 0.143. The van der Waals surface area contributed by atoms with E-state index in [1.54, 1.807) is 6.33 Å². The summed E-state index contributed by atoms with van der Waals surface area (Å²) < 4.78 is 1.91. The van der Waals surface area contributed by atoms with E-state index in [1.165, 1.54) is 0 Å². The molecule has 0 bridgehead atoms. The van der Waals surface area contributed by atoms with Crippen LogP contribution in [-0.2, 0) is 6.54 Å². The number of nitrogens with zero attached hydrogens (tertiary/aromatic N) is 5. The second-order valence-corrected chi connectivity index (χ2v) is 4.39. The summed E-state index contributed by atoms with van der Waals surface area (Å²) in [6.45, 7) is 1.68. The molecule has 0 spiro atoms. The van der Waals surface area contributed by atoms with Crippen LogP contribution in [0.4, 0.5) is 0 Å². The monoisotopic (exact) mass is 259 g/mol. The molecule has 0 aliphatic carbocycles. The average molecular weight is 260 g/mol. The molecule has 16 heavy (non-hydrogen) atoms. The highest BCUT2D eigenvalue weighted by molar-refractivity contribution is 6.35. The summed E-state index contributed by atoms with van der Waals surface area (Å²) in [4.78, 5) is 14.2. The Morgan fingerprint density at radius 2 is 2.06 bits per heavy atom. The number of likely N-dealkylation sites (N-methyl/N-ethyl adjacent to an activating group) is 1. The van der Waals surface area contributed by atoms with Crippen LogP contribution in [0.5, 0.6) is 0 Å². The van der Waals surface area contributed by atoms with Gasteiger partial charge in [-0.05, 0) is 25.7 Å². The lowest BCUT2D eigenvalue weighted by Gasteiger charge is -2.09. The molecule has 2 aromatic heterocycles. The van der Waals surface area contributed by atoms with E-state index in [0.29, 0.717) is 16.3 Å². The number of aromatic nitrogens is 4. The average Bonchev–Trinajstić information content (AvgIpc) is 2.58. The van der Waals surface area contributed by atoms with Crippen molar-refractivity contribution in [1.82, 2.24) is 24.4 Å². The zero-order valence-electron chi connectivity index (χ0n) is 8.98. The highest BCUT2D eigenvalue weighted by atomic mass is 35.5. The number of imidazole rings is 1. The summed E-state index contributed by atoms with van der Waals surface area (Å²) in [7, 11) is 4.02. The van der Waals surface area contributed by atoms with Gasteiger partial charge in [0.15, 0.2) is 10.8 Å². The molecule has 0 atom stereocenters. The minimum absolute atomic E-state index is 0.143. The quantitative estimate of drug-likeness (QED) is 0.622. The summed E-state index contributed by atoms with van der Waals surface area (Å²) in [5.41, 5.74) is 1.26. The van der Waals surface area contributed by atoms with Gasteiger partial charge in [-0.3, -0.25) is 0 Å². The van der Waals surface area contributed by atoms with E-state index in [4.69, 9.17) is 23.2 Å². The van der Waals surface area contributed by atoms with E-state index in [1.807, 2.05) is 18.7 Å². The highest BCUT2D eigenvalue weighted by Crippen LogP contribution is 2.20. The first-order valence-corrected chi connectivity index (χ1v) is 5.52. The van der Waals surface area contributed by atoms with Gasteiger partial charge in [0.1, 0.15) is 5.52 Å². The summed E-state index contributed by atoms with van der Waals surface area (Å²) >= 11 is 11.7. The number of hydrogen-bond acceptors (Lipinski definition) is 4. The van der Waals surface area contributed by atoms with Crippen molar-refractivity contribution in [2.24, 2.45) is 0 Å². The van der Waals surface area contributed by atoms with Crippen molar-refractivity contribution in [2.75, 3.05) is 20.6 Å². The molecular formula is C9H11Cl2N5. The fourth-order valence-corrected chi connectivity index (χ4v) is 1.78. The maximum absolute atomic E-state index is 5.92. The Kier molecular flexibility index (Phi) is 3.28. The second kappa shape index (κ2) is 4.53. The third-order valence-corrected chi connectivity index (χ3v) is 2.61. The van der Waals surface area contributed by atoms with Gasteiger partial charge < -0.3 is 9.47 Å². The van der Waals surface area contributed by atoms with Crippen molar-refractivity contribution >= 4 is 34.4 Å². The van der Waals surface area contributed by atoms with Crippen LogP contribution in [0.25, 0.3) is 11.2 Å². The summed E-state index contributed by atoms with van der Waals surface area (Å²) in [5.74, 6) is 0. The van der Waals surface area contributed by atoms with E-state index < -0.39 is 0 Å². The molecular weight excluding hydrogens is 249 g/mol. The predicted octanol–water partition coefficient (Wildman–Crippen LogP) is 1.69. The lowest BCUT2D eigenvalue weighted by atomic mass is 10.5. The van der Waals surface area contributed by atoms with Gasteiger partial charge >= 0.3 is 0 Å². The maximum atomic E-state index is 5.92. The largest absolute Gasteiger partial charge is 0.314 e. The Morgan fingerprint density at radius 3 is 2.75 bits per heavy atom. The van der Waals surface area contributed by atoms with Crippen molar-refractivity contribution in [1.29, 1.82) is 0 Å². The van der Waals surface area contributed by atoms with Crippen LogP contribution < -0.4 is 0 Å². The van der Waals surface area contributed by atoms with Crippen LogP contribution >= 0.6 is 23.2 Å². The summed E-state index contributed by atoms with van der Waals surface area (Å²) in [6.07, 6.45) is 1.70. The van der Waals surface area contributed by atoms with Crippen LogP contribution in [0.2, 0.25) is 10.4 Å². The normalized spacial score (nSPS) is 11.6. The fourth-order valence-electron chi connectivity index (χ4n) is 1.36. The highest BCUT2D eigenvalue weighted by Gasteiger charge is 2.10. The van der Waals surface area contributed by atoms with Gasteiger partial charge in [-0.25, -0.2) is 9.97 Å². The van der Waals surface area contributed by atoms with Gasteiger partial charge in [0.05, 0.1) is 6.33 Å². The molecule has 0 radical (unpaired) electrons. The van der Waals surface area contributed by atoms with Crippen molar-refractivity contribution in [3.8, 4) is 0 Å². The first kappa shape index (κ1) is 11.6. The number of hydrogen-bond donors (Lipinski definition) is 0. The zero-order chi connectivity index (χ0) is 11.7. The van der Waals surface area contributed by atoms with Gasteiger partial charge in [0.2, 0.25) is 5.28 Å². The van der Waals surface area contributed by atoms with Crippen molar-refractivity contribution in [3.63, 3.8) is 0 Å². The molecule has 0 saturated carbocycles.